The molecule has 0 N–H and O–H groups in total. The molecule has 125 valence electrons. The number of halogens is 2. The van der Waals surface area contributed by atoms with Crippen LogP contribution in [0.4, 0.5) is 0 Å². The second-order valence-electron chi connectivity index (χ2n) is 5.82. The molecule has 0 bridgehead atoms. The molecule has 0 amide bonds. The van der Waals surface area contributed by atoms with Gasteiger partial charge in [-0.15, -0.1) is 24.8 Å². The van der Waals surface area contributed by atoms with E-state index in [1.54, 1.807) is 20.8 Å². The van der Waals surface area contributed by atoms with E-state index in [1.165, 1.54) is 39.0 Å². The van der Waals surface area contributed by atoms with Crippen LogP contribution in [0.3, 0.4) is 0 Å². The van der Waals surface area contributed by atoms with Gasteiger partial charge < -0.3 is 0 Å². The van der Waals surface area contributed by atoms with Crippen LogP contribution >= 0.6 is 24.8 Å². The first kappa shape index (κ1) is 21.2. The molecule has 0 unspecified atom stereocenters. The fraction of sp³-hybridized carbons (Fsp3) is 0.200. The standard InChI is InChI=1S/C20H19O.2ClH.Ti/c1-14-11-15(2)20(12-14)19-10-6-5-9-18(19)17-8-4-3-7-16(17)13-21;;;/h3-11H,12-13H2,1-2H3;2*1H;/q-1;;;+1. The van der Waals surface area contributed by atoms with E-state index in [-0.39, 0.29) is 24.8 Å². The minimum atomic E-state index is 0. The fourth-order valence-electron chi connectivity index (χ4n) is 3.20. The van der Waals surface area contributed by atoms with Crippen molar-refractivity contribution in [2.75, 3.05) is 0 Å². The first-order valence-electron chi connectivity index (χ1n) is 7.54. The summed E-state index contributed by atoms with van der Waals surface area (Å²) < 4.78 is 5.37. The molecule has 0 saturated carbocycles. The quantitative estimate of drug-likeness (QED) is 0.552. The molecule has 4 heteroatoms. The molecule has 2 aromatic rings. The van der Waals surface area contributed by atoms with Gasteiger partial charge in [0.2, 0.25) is 0 Å². The number of allylic oxidation sites excluding steroid dienone is 4. The Balaban J connectivity index is 0.00000144. The van der Waals surface area contributed by atoms with Crippen LogP contribution in [0.5, 0.6) is 0 Å². The second-order valence-corrected chi connectivity index (χ2v) is 6.27. The smallest absolute Gasteiger partial charge is 0.147 e. The molecule has 1 aliphatic carbocycles. The summed E-state index contributed by atoms with van der Waals surface area (Å²) in [5, 5.41) is 0. The molecule has 0 radical (unpaired) electrons. The average Bonchev–Trinajstić information content (AvgIpc) is 2.87. The Labute approximate surface area is 168 Å². The molecule has 2 aromatic carbocycles. The summed E-state index contributed by atoms with van der Waals surface area (Å²) in [6.07, 6.45) is 3.35. The third-order valence-electron chi connectivity index (χ3n) is 4.18. The van der Waals surface area contributed by atoms with Crippen LogP contribution in [-0.4, -0.2) is 0 Å². The molecule has 0 aliphatic heterocycles. The summed E-state index contributed by atoms with van der Waals surface area (Å²) in [7, 11) is 0. The van der Waals surface area contributed by atoms with E-state index in [1.807, 2.05) is 0 Å². The Bertz CT molecular complexity index is 766. The van der Waals surface area contributed by atoms with Crippen molar-refractivity contribution >= 4 is 30.4 Å². The normalized spacial score (nSPS) is 13.1. The topological polar surface area (TPSA) is 9.23 Å². The van der Waals surface area contributed by atoms with Crippen molar-refractivity contribution in [3.8, 4) is 11.1 Å². The maximum absolute atomic E-state index is 5.37. The average molecular weight is 396 g/mol. The SMILES string of the molecule is CC1=CC(C)=C(c2ccccc2-c2ccccc2C[O][Ti])C1.Cl.Cl. The van der Waals surface area contributed by atoms with Gasteiger partial charge in [-0.1, -0.05) is 0 Å². The van der Waals surface area contributed by atoms with Crippen LogP contribution in [0, 0.1) is 0 Å². The molecule has 24 heavy (non-hydrogen) atoms. The Morgan fingerprint density at radius 1 is 0.875 bits per heavy atom. The Kier molecular flexibility index (Phi) is 8.49. The van der Waals surface area contributed by atoms with E-state index in [0.717, 1.165) is 6.42 Å². The van der Waals surface area contributed by atoms with Crippen molar-refractivity contribution < 1.29 is 24.1 Å². The summed E-state index contributed by atoms with van der Waals surface area (Å²) in [5.41, 5.74) is 9.41. The van der Waals surface area contributed by atoms with E-state index in [4.69, 9.17) is 3.32 Å². The maximum Gasteiger partial charge on any atom is -0.147 e. The molecule has 3 rings (SSSR count). The molecular weight excluding hydrogens is 375 g/mol. The van der Waals surface area contributed by atoms with Gasteiger partial charge in [-0.25, -0.2) is 0 Å². The summed E-state index contributed by atoms with van der Waals surface area (Å²) in [4.78, 5) is 0. The molecule has 0 aromatic heterocycles. The van der Waals surface area contributed by atoms with Gasteiger partial charge in [-0.05, 0) is 0 Å². The molecule has 1 aliphatic rings. The second kappa shape index (κ2) is 9.60. The number of rotatable bonds is 4. The minimum Gasteiger partial charge on any atom is -0.147 e. The zero-order chi connectivity index (χ0) is 15.5. The summed E-state index contributed by atoms with van der Waals surface area (Å²) in [5.74, 6) is 0. The molecule has 0 atom stereocenters. The van der Waals surface area contributed by atoms with Crippen LogP contribution in [0.1, 0.15) is 31.4 Å². The van der Waals surface area contributed by atoms with Crippen LogP contribution < -0.4 is 0 Å². The van der Waals surface area contributed by atoms with E-state index in [0.29, 0.717) is 6.61 Å². The third kappa shape index (κ3) is 4.42. The molecule has 0 heterocycles. The molecule has 0 fully saturated rings. The van der Waals surface area contributed by atoms with E-state index in [2.05, 4.69) is 68.5 Å². The van der Waals surface area contributed by atoms with Gasteiger partial charge in [-0.2, -0.15) is 0 Å². The Morgan fingerprint density at radius 3 is 2.04 bits per heavy atom. The van der Waals surface area contributed by atoms with Gasteiger partial charge in [0.05, 0.1) is 0 Å². The zero-order valence-corrected chi connectivity index (χ0v) is 17.0. The number of hydrogen-bond donors (Lipinski definition) is 0. The van der Waals surface area contributed by atoms with Crippen molar-refractivity contribution in [2.45, 2.75) is 26.9 Å². The first-order chi connectivity index (χ1) is 10.7. The molecule has 0 spiro atoms. The predicted molar refractivity (Wildman–Crippen MR) is 102 cm³/mol. The van der Waals surface area contributed by atoms with Crippen molar-refractivity contribution in [2.24, 2.45) is 0 Å². The predicted octanol–water partition coefficient (Wildman–Crippen LogP) is 6.30. The van der Waals surface area contributed by atoms with Gasteiger partial charge in [0.25, 0.3) is 0 Å². The Morgan fingerprint density at radius 2 is 1.46 bits per heavy atom. The largest absolute Gasteiger partial charge is 0.147 e. The van der Waals surface area contributed by atoms with Crippen LogP contribution in [0.25, 0.3) is 16.7 Å². The minimum absolute atomic E-state index is 0. The van der Waals surface area contributed by atoms with Crippen LogP contribution in [0.15, 0.2) is 65.8 Å². The maximum atomic E-state index is 5.37. The van der Waals surface area contributed by atoms with E-state index >= 15 is 0 Å². The molecular formula is C20H21Cl2OTi. The van der Waals surface area contributed by atoms with E-state index in [9.17, 15) is 0 Å². The van der Waals surface area contributed by atoms with Crippen molar-refractivity contribution in [1.82, 2.24) is 0 Å². The van der Waals surface area contributed by atoms with Gasteiger partial charge in [0.1, 0.15) is 0 Å². The van der Waals surface area contributed by atoms with Gasteiger partial charge in [0.15, 0.2) is 0 Å². The van der Waals surface area contributed by atoms with Crippen molar-refractivity contribution in [3.63, 3.8) is 0 Å². The van der Waals surface area contributed by atoms with Gasteiger partial charge in [0, 0.05) is 0 Å². The molecule has 0 saturated heterocycles. The van der Waals surface area contributed by atoms with Crippen molar-refractivity contribution in [1.29, 1.82) is 0 Å². The van der Waals surface area contributed by atoms with Gasteiger partial charge in [-0.3, -0.25) is 0 Å². The monoisotopic (exact) mass is 395 g/mol. The van der Waals surface area contributed by atoms with Crippen LogP contribution in [0.2, 0.25) is 0 Å². The summed E-state index contributed by atoms with van der Waals surface area (Å²) in [6.45, 7) is 5.06. The first-order valence-corrected chi connectivity index (χ1v) is 8.17. The van der Waals surface area contributed by atoms with Crippen molar-refractivity contribution in [3.05, 3.63) is 76.9 Å². The Hall–Kier alpha value is -0.826. The zero-order valence-electron chi connectivity index (χ0n) is 13.8. The summed E-state index contributed by atoms with van der Waals surface area (Å²) in [6, 6.07) is 17.2. The number of hydrogen-bond acceptors (Lipinski definition) is 1. The molecule has 1 nitrogen and oxygen atoms in total. The number of benzene rings is 2. The van der Waals surface area contributed by atoms with Gasteiger partial charge >= 0.3 is 145 Å². The third-order valence-corrected chi connectivity index (χ3v) is 4.41. The van der Waals surface area contributed by atoms with E-state index < -0.39 is 0 Å². The summed E-state index contributed by atoms with van der Waals surface area (Å²) >= 11 is 1.75. The fourth-order valence-corrected chi connectivity index (χ4v) is 3.44. The van der Waals surface area contributed by atoms with Crippen LogP contribution in [-0.2, 0) is 30.7 Å².